The average molecular weight is 308 g/mol. The number of benzene rings is 1. The summed E-state index contributed by atoms with van der Waals surface area (Å²) in [6.07, 6.45) is 2.00. The number of sulfonamides is 1. The van der Waals surface area contributed by atoms with Crippen molar-refractivity contribution < 1.29 is 8.42 Å². The van der Waals surface area contributed by atoms with Crippen molar-refractivity contribution in [3.05, 3.63) is 47.4 Å². The smallest absolute Gasteiger partial charge is 0.258 e. The summed E-state index contributed by atoms with van der Waals surface area (Å²) >= 11 is 0. The lowest BCUT2D eigenvalue weighted by Crippen LogP contribution is -2.27. The van der Waals surface area contributed by atoms with Gasteiger partial charge in [0.15, 0.2) is 5.03 Å². The number of imidazole rings is 1. The minimum atomic E-state index is -3.61. The van der Waals surface area contributed by atoms with Crippen LogP contribution in [0, 0.1) is 0 Å². The number of nitrogens with two attached hydrogens (primary N) is 1. The van der Waals surface area contributed by atoms with E-state index in [1.165, 1.54) is 6.20 Å². The maximum absolute atomic E-state index is 12.3. The molecular formula is C14H20N4O2S. The molecule has 0 spiro atoms. The van der Waals surface area contributed by atoms with Crippen LogP contribution in [-0.2, 0) is 23.0 Å². The first-order chi connectivity index (χ1) is 9.96. The van der Waals surface area contributed by atoms with Gasteiger partial charge in [-0.3, -0.25) is 0 Å². The second-order valence-corrected chi connectivity index (χ2v) is 6.52. The number of rotatable bonds is 6. The van der Waals surface area contributed by atoms with Gasteiger partial charge >= 0.3 is 0 Å². The molecule has 4 N–H and O–H groups in total. The van der Waals surface area contributed by atoms with Gasteiger partial charge in [-0.2, -0.15) is 0 Å². The molecule has 1 unspecified atom stereocenters. The SMILES string of the molecule is CCc1ncc(S(=O)(=O)NC(C)c2ccc(CN)cc2)[nH]1. The Hall–Kier alpha value is -1.70. The highest BCUT2D eigenvalue weighted by molar-refractivity contribution is 7.89. The van der Waals surface area contributed by atoms with E-state index >= 15 is 0 Å². The number of nitrogens with one attached hydrogen (secondary N) is 2. The van der Waals surface area contributed by atoms with Crippen LogP contribution in [0.5, 0.6) is 0 Å². The second-order valence-electron chi connectivity index (χ2n) is 4.84. The van der Waals surface area contributed by atoms with E-state index in [2.05, 4.69) is 14.7 Å². The average Bonchev–Trinajstić information content (AvgIpc) is 2.96. The third kappa shape index (κ3) is 3.69. The van der Waals surface area contributed by atoms with E-state index < -0.39 is 10.0 Å². The molecule has 0 amide bonds. The third-order valence-electron chi connectivity index (χ3n) is 3.28. The van der Waals surface area contributed by atoms with Crippen LogP contribution < -0.4 is 10.5 Å². The van der Waals surface area contributed by atoms with Gasteiger partial charge in [0.05, 0.1) is 6.20 Å². The first-order valence-corrected chi connectivity index (χ1v) is 8.29. The lowest BCUT2D eigenvalue weighted by Gasteiger charge is -2.14. The maximum Gasteiger partial charge on any atom is 0.258 e. The second kappa shape index (κ2) is 6.38. The standard InChI is InChI=1S/C14H20N4O2S/c1-3-13-16-9-14(17-13)21(19,20)18-10(2)12-6-4-11(8-15)5-7-12/h4-7,9-10,18H,3,8,15H2,1-2H3,(H,16,17). The van der Waals surface area contributed by atoms with Crippen molar-refractivity contribution >= 4 is 10.0 Å². The van der Waals surface area contributed by atoms with E-state index in [1.54, 1.807) is 6.92 Å². The Balaban J connectivity index is 2.14. The number of hydrogen-bond donors (Lipinski definition) is 3. The zero-order valence-corrected chi connectivity index (χ0v) is 12.9. The van der Waals surface area contributed by atoms with Crippen molar-refractivity contribution in [2.24, 2.45) is 5.73 Å². The minimum Gasteiger partial charge on any atom is -0.332 e. The monoisotopic (exact) mass is 308 g/mol. The largest absolute Gasteiger partial charge is 0.332 e. The molecule has 0 saturated heterocycles. The van der Waals surface area contributed by atoms with Gasteiger partial charge in [-0.1, -0.05) is 31.2 Å². The molecule has 1 aromatic carbocycles. The van der Waals surface area contributed by atoms with Gasteiger partial charge in [-0.25, -0.2) is 18.1 Å². The van der Waals surface area contributed by atoms with Crippen molar-refractivity contribution in [1.82, 2.24) is 14.7 Å². The summed E-state index contributed by atoms with van der Waals surface area (Å²) in [5.74, 6) is 0.648. The van der Waals surface area contributed by atoms with Gasteiger partial charge in [0.1, 0.15) is 5.82 Å². The van der Waals surface area contributed by atoms with Crippen LogP contribution in [0.3, 0.4) is 0 Å². The molecular weight excluding hydrogens is 288 g/mol. The molecule has 0 aliphatic heterocycles. The van der Waals surface area contributed by atoms with E-state index in [9.17, 15) is 8.42 Å². The fourth-order valence-corrected chi connectivity index (χ4v) is 3.14. The third-order valence-corrected chi connectivity index (χ3v) is 4.73. The molecule has 0 radical (unpaired) electrons. The molecule has 0 aliphatic rings. The fourth-order valence-electron chi connectivity index (χ4n) is 1.97. The first-order valence-electron chi connectivity index (χ1n) is 6.81. The van der Waals surface area contributed by atoms with Gasteiger partial charge in [0.2, 0.25) is 0 Å². The van der Waals surface area contributed by atoms with E-state index in [-0.39, 0.29) is 11.1 Å². The molecule has 1 heterocycles. The molecule has 6 nitrogen and oxygen atoms in total. The molecule has 114 valence electrons. The van der Waals surface area contributed by atoms with Gasteiger partial charge in [-0.15, -0.1) is 0 Å². The van der Waals surface area contributed by atoms with Crippen LogP contribution in [0.4, 0.5) is 0 Å². The molecule has 1 atom stereocenters. The number of aromatic nitrogens is 2. The van der Waals surface area contributed by atoms with E-state index in [1.807, 2.05) is 31.2 Å². The summed E-state index contributed by atoms with van der Waals surface area (Å²) < 4.78 is 27.2. The lowest BCUT2D eigenvalue weighted by molar-refractivity contribution is 0.563. The molecule has 0 saturated carbocycles. The van der Waals surface area contributed by atoms with E-state index in [4.69, 9.17) is 5.73 Å². The number of aryl methyl sites for hydroxylation is 1. The normalized spacial score (nSPS) is 13.3. The summed E-state index contributed by atoms with van der Waals surface area (Å²) in [4.78, 5) is 6.82. The van der Waals surface area contributed by atoms with Crippen molar-refractivity contribution in [3.63, 3.8) is 0 Å². The van der Waals surface area contributed by atoms with Crippen molar-refractivity contribution in [3.8, 4) is 0 Å². The summed E-state index contributed by atoms with van der Waals surface area (Å²) in [5.41, 5.74) is 7.44. The fraction of sp³-hybridized carbons (Fsp3) is 0.357. The first kappa shape index (κ1) is 15.7. The van der Waals surface area contributed by atoms with Crippen LogP contribution in [-0.4, -0.2) is 18.4 Å². The predicted octanol–water partition coefficient (Wildman–Crippen LogP) is 1.47. The van der Waals surface area contributed by atoms with E-state index in [0.29, 0.717) is 18.8 Å². The summed E-state index contributed by atoms with van der Waals surface area (Å²) in [6, 6.07) is 7.20. The molecule has 2 rings (SSSR count). The van der Waals surface area contributed by atoms with Crippen LogP contribution in [0.2, 0.25) is 0 Å². The predicted molar refractivity (Wildman–Crippen MR) is 81.0 cm³/mol. The van der Waals surface area contributed by atoms with Gasteiger partial charge in [0.25, 0.3) is 10.0 Å². The Morgan fingerprint density at radius 2 is 2.00 bits per heavy atom. The number of nitrogens with zero attached hydrogens (tertiary/aromatic N) is 1. The summed E-state index contributed by atoms with van der Waals surface area (Å²) in [7, 11) is -3.61. The molecule has 0 aliphatic carbocycles. The van der Waals surface area contributed by atoms with Crippen LogP contribution in [0.15, 0.2) is 35.5 Å². The van der Waals surface area contributed by atoms with E-state index in [0.717, 1.165) is 11.1 Å². The molecule has 21 heavy (non-hydrogen) atoms. The van der Waals surface area contributed by atoms with Crippen molar-refractivity contribution in [1.29, 1.82) is 0 Å². The van der Waals surface area contributed by atoms with Crippen LogP contribution in [0.25, 0.3) is 0 Å². The highest BCUT2D eigenvalue weighted by atomic mass is 32.2. The summed E-state index contributed by atoms with van der Waals surface area (Å²) in [5, 5.41) is 0.0878. The molecule has 0 bridgehead atoms. The van der Waals surface area contributed by atoms with Gasteiger partial charge < -0.3 is 10.7 Å². The van der Waals surface area contributed by atoms with Gasteiger partial charge in [0, 0.05) is 19.0 Å². The Kier molecular flexibility index (Phi) is 4.76. The maximum atomic E-state index is 12.3. The zero-order chi connectivity index (χ0) is 15.5. The van der Waals surface area contributed by atoms with Crippen LogP contribution in [0.1, 0.15) is 36.8 Å². The van der Waals surface area contributed by atoms with Crippen LogP contribution >= 0.6 is 0 Å². The molecule has 0 fully saturated rings. The highest BCUT2D eigenvalue weighted by Gasteiger charge is 2.20. The topological polar surface area (TPSA) is 101 Å². The quantitative estimate of drug-likeness (QED) is 0.752. The van der Waals surface area contributed by atoms with Gasteiger partial charge in [-0.05, 0) is 18.1 Å². The Morgan fingerprint density at radius 3 is 2.52 bits per heavy atom. The number of H-pyrrole nitrogens is 1. The Bertz CT molecular complexity index is 692. The molecule has 2 aromatic rings. The minimum absolute atomic E-state index is 0.0878. The lowest BCUT2D eigenvalue weighted by atomic mass is 10.1. The highest BCUT2D eigenvalue weighted by Crippen LogP contribution is 2.16. The summed E-state index contributed by atoms with van der Waals surface area (Å²) in [6.45, 7) is 4.17. The van der Waals surface area contributed by atoms with Crippen molar-refractivity contribution in [2.75, 3.05) is 0 Å². The number of hydrogen-bond acceptors (Lipinski definition) is 4. The Morgan fingerprint density at radius 1 is 1.33 bits per heavy atom. The number of aromatic amines is 1. The molecule has 7 heteroatoms. The zero-order valence-electron chi connectivity index (χ0n) is 12.1. The Labute approximate surface area is 124 Å². The van der Waals surface area contributed by atoms with Crippen molar-refractivity contribution in [2.45, 2.75) is 37.9 Å². The molecule has 1 aromatic heterocycles.